The van der Waals surface area contributed by atoms with Gasteiger partial charge in [0.05, 0.1) is 0 Å². The van der Waals surface area contributed by atoms with Crippen molar-refractivity contribution >= 4 is 27.5 Å². The summed E-state index contributed by atoms with van der Waals surface area (Å²) in [4.78, 5) is 11.3. The highest BCUT2D eigenvalue weighted by atomic mass is 32.3. The quantitative estimate of drug-likeness (QED) is 0.815. The van der Waals surface area contributed by atoms with Crippen LogP contribution < -0.4 is 5.32 Å². The number of rotatable bonds is 4. The first-order valence-corrected chi connectivity index (χ1v) is 6.37. The largest absolute Gasteiger partial charge is 0.356 e. The number of halogens is 1. The molecule has 0 aliphatic carbocycles. The van der Waals surface area contributed by atoms with Gasteiger partial charge in [0.2, 0.25) is 5.91 Å². The van der Waals surface area contributed by atoms with Crippen LogP contribution >= 0.6 is 11.3 Å². The number of thiophene rings is 1. The first-order chi connectivity index (χ1) is 6.89. The maximum atomic E-state index is 12.5. The minimum atomic E-state index is -4.59. The van der Waals surface area contributed by atoms with Crippen molar-refractivity contribution in [2.75, 3.05) is 6.54 Å². The zero-order valence-corrected chi connectivity index (χ0v) is 9.62. The van der Waals surface area contributed by atoms with Crippen molar-refractivity contribution in [3.63, 3.8) is 0 Å². The van der Waals surface area contributed by atoms with Crippen LogP contribution in [-0.4, -0.2) is 20.9 Å². The Kier molecular flexibility index (Phi) is 3.81. The molecule has 1 amide bonds. The Morgan fingerprint density at radius 1 is 1.53 bits per heavy atom. The predicted octanol–water partition coefficient (Wildman–Crippen LogP) is 1.08. The third-order valence-corrected chi connectivity index (χ3v) is 4.03. The predicted molar refractivity (Wildman–Crippen MR) is 55.0 cm³/mol. The van der Waals surface area contributed by atoms with Crippen molar-refractivity contribution in [3.05, 3.63) is 17.0 Å². The van der Waals surface area contributed by atoms with Crippen molar-refractivity contribution in [2.24, 2.45) is 0 Å². The zero-order valence-electron chi connectivity index (χ0n) is 7.99. The van der Waals surface area contributed by atoms with Crippen LogP contribution in [0.5, 0.6) is 0 Å². The van der Waals surface area contributed by atoms with Crippen LogP contribution in [0.3, 0.4) is 0 Å². The third-order valence-electron chi connectivity index (χ3n) is 1.62. The monoisotopic (exact) mass is 251 g/mol. The second kappa shape index (κ2) is 4.71. The number of carbonyl (C=O) groups excluding carboxylic acids is 1. The van der Waals surface area contributed by atoms with Crippen molar-refractivity contribution < 1.29 is 17.1 Å². The highest BCUT2D eigenvalue weighted by Gasteiger charge is 2.14. The van der Waals surface area contributed by atoms with E-state index in [2.05, 4.69) is 5.32 Å². The summed E-state index contributed by atoms with van der Waals surface area (Å²) in [6, 6.07) is 2.77. The Hall–Kier alpha value is -0.950. The van der Waals surface area contributed by atoms with Gasteiger partial charge in [0, 0.05) is 18.3 Å². The Morgan fingerprint density at radius 3 is 2.67 bits per heavy atom. The van der Waals surface area contributed by atoms with Gasteiger partial charge < -0.3 is 5.32 Å². The van der Waals surface area contributed by atoms with E-state index in [0.29, 0.717) is 13.0 Å². The normalized spacial score (nSPS) is 11.3. The van der Waals surface area contributed by atoms with Crippen LogP contribution in [-0.2, 0) is 21.4 Å². The van der Waals surface area contributed by atoms with Crippen LogP contribution in [0.2, 0.25) is 0 Å². The van der Waals surface area contributed by atoms with Crippen LogP contribution in [0.1, 0.15) is 11.8 Å². The van der Waals surface area contributed by atoms with E-state index in [4.69, 9.17) is 0 Å². The molecule has 0 aliphatic heterocycles. The van der Waals surface area contributed by atoms with Crippen LogP contribution in [0.4, 0.5) is 3.89 Å². The van der Waals surface area contributed by atoms with Crippen LogP contribution in [0.25, 0.3) is 0 Å². The van der Waals surface area contributed by atoms with Gasteiger partial charge in [0.15, 0.2) is 4.21 Å². The average molecular weight is 251 g/mol. The van der Waals surface area contributed by atoms with E-state index >= 15 is 0 Å². The summed E-state index contributed by atoms with van der Waals surface area (Å²) in [6.45, 7) is 1.81. The molecule has 4 nitrogen and oxygen atoms in total. The van der Waals surface area contributed by atoms with Gasteiger partial charge in [-0.25, -0.2) is 0 Å². The molecule has 0 aliphatic rings. The van der Waals surface area contributed by atoms with E-state index in [-0.39, 0.29) is 10.1 Å². The van der Waals surface area contributed by atoms with Gasteiger partial charge in [-0.1, -0.05) is 3.89 Å². The molecule has 1 N–H and O–H groups in total. The molecule has 0 unspecified atom stereocenters. The van der Waals surface area contributed by atoms with Gasteiger partial charge >= 0.3 is 10.2 Å². The van der Waals surface area contributed by atoms with E-state index < -0.39 is 10.2 Å². The topological polar surface area (TPSA) is 63.2 Å². The lowest BCUT2D eigenvalue weighted by molar-refractivity contribution is -0.118. The van der Waals surface area contributed by atoms with Gasteiger partial charge in [-0.15, -0.1) is 11.3 Å². The Labute approximate surface area is 91.3 Å². The number of carbonyl (C=O) groups is 1. The molecule has 0 bridgehead atoms. The summed E-state index contributed by atoms with van der Waals surface area (Å²) in [6.07, 6.45) is 0.500. The number of amides is 1. The summed E-state index contributed by atoms with van der Waals surface area (Å²) < 4.78 is 33.2. The summed E-state index contributed by atoms with van der Waals surface area (Å²) in [5.41, 5.74) is 0. The van der Waals surface area contributed by atoms with Crippen LogP contribution in [0.15, 0.2) is 16.3 Å². The van der Waals surface area contributed by atoms with Crippen molar-refractivity contribution in [1.82, 2.24) is 5.32 Å². The van der Waals surface area contributed by atoms with Gasteiger partial charge in [-0.3, -0.25) is 4.79 Å². The lowest BCUT2D eigenvalue weighted by atomic mass is 10.3. The Bertz CT molecular complexity index is 452. The molecule has 0 radical (unpaired) electrons. The molecule has 1 heterocycles. The number of hydrogen-bond acceptors (Lipinski definition) is 4. The van der Waals surface area contributed by atoms with E-state index in [1.54, 1.807) is 6.07 Å². The highest BCUT2D eigenvalue weighted by Crippen LogP contribution is 2.23. The minimum absolute atomic E-state index is 0.148. The SMILES string of the molecule is CC(=O)NCCc1ccc(S(=O)(=O)F)s1. The fraction of sp³-hybridized carbons (Fsp3) is 0.375. The summed E-state index contributed by atoms with van der Waals surface area (Å²) in [5, 5.41) is 2.57. The average Bonchev–Trinajstić information content (AvgIpc) is 2.51. The molecule has 1 aromatic heterocycles. The third kappa shape index (κ3) is 3.96. The number of nitrogens with one attached hydrogen (secondary N) is 1. The van der Waals surface area contributed by atoms with Crippen molar-refractivity contribution in [2.45, 2.75) is 17.6 Å². The van der Waals surface area contributed by atoms with Gasteiger partial charge in [0.25, 0.3) is 0 Å². The fourth-order valence-electron chi connectivity index (χ4n) is 0.985. The van der Waals surface area contributed by atoms with Crippen molar-refractivity contribution in [3.8, 4) is 0 Å². The maximum absolute atomic E-state index is 12.5. The molecule has 1 rings (SSSR count). The maximum Gasteiger partial charge on any atom is 0.341 e. The molecule has 7 heteroatoms. The molecule has 0 saturated heterocycles. The molecule has 0 aromatic carbocycles. The minimum Gasteiger partial charge on any atom is -0.356 e. The molecule has 0 atom stereocenters. The zero-order chi connectivity index (χ0) is 11.5. The van der Waals surface area contributed by atoms with E-state index in [1.807, 2.05) is 0 Å². The molecule has 15 heavy (non-hydrogen) atoms. The van der Waals surface area contributed by atoms with Gasteiger partial charge in [0.1, 0.15) is 0 Å². The molecule has 0 fully saturated rings. The van der Waals surface area contributed by atoms with E-state index in [9.17, 15) is 17.1 Å². The molecule has 0 saturated carbocycles. The lowest BCUT2D eigenvalue weighted by Gasteiger charge is -1.98. The first-order valence-electron chi connectivity index (χ1n) is 4.17. The fourth-order valence-corrected chi connectivity index (χ4v) is 2.67. The van der Waals surface area contributed by atoms with E-state index in [0.717, 1.165) is 16.2 Å². The second-order valence-corrected chi connectivity index (χ2v) is 5.63. The van der Waals surface area contributed by atoms with Crippen molar-refractivity contribution in [1.29, 1.82) is 0 Å². The second-order valence-electron chi connectivity index (χ2n) is 2.89. The summed E-state index contributed by atoms with van der Waals surface area (Å²) in [7, 11) is -4.59. The summed E-state index contributed by atoms with van der Waals surface area (Å²) >= 11 is 0.877. The van der Waals surface area contributed by atoms with Gasteiger partial charge in [-0.2, -0.15) is 8.42 Å². The molecule has 0 spiro atoms. The standard InChI is InChI=1S/C8H10FNO3S2/c1-6(11)10-5-4-7-2-3-8(14-7)15(9,12)13/h2-3H,4-5H2,1H3,(H,10,11). The van der Waals surface area contributed by atoms with Gasteiger partial charge in [-0.05, 0) is 18.6 Å². The molecular weight excluding hydrogens is 241 g/mol. The van der Waals surface area contributed by atoms with E-state index in [1.165, 1.54) is 13.0 Å². The Balaban J connectivity index is 2.58. The molecule has 1 aromatic rings. The lowest BCUT2D eigenvalue weighted by Crippen LogP contribution is -2.21. The van der Waals surface area contributed by atoms with Crippen LogP contribution in [0, 0.1) is 0 Å². The summed E-state index contributed by atoms with van der Waals surface area (Å²) in [5.74, 6) is -0.148. The molecular formula is C8H10FNO3S2. The Morgan fingerprint density at radius 2 is 2.20 bits per heavy atom. The molecule has 84 valence electrons. The smallest absolute Gasteiger partial charge is 0.341 e. The number of hydrogen-bond donors (Lipinski definition) is 1. The highest BCUT2D eigenvalue weighted by molar-refractivity contribution is 7.88. The first kappa shape index (κ1) is 12.1.